The van der Waals surface area contributed by atoms with Crippen LogP contribution in [-0.4, -0.2) is 20.9 Å². The van der Waals surface area contributed by atoms with E-state index >= 15 is 0 Å². The normalized spacial score (nSPS) is 12.7. The summed E-state index contributed by atoms with van der Waals surface area (Å²) in [7, 11) is 0. The van der Waals surface area contributed by atoms with E-state index in [0.717, 1.165) is 33.1 Å². The molecule has 0 saturated carbocycles. The Bertz CT molecular complexity index is 1050. The van der Waals surface area contributed by atoms with E-state index in [4.69, 9.17) is 6.42 Å². The highest BCUT2D eigenvalue weighted by Gasteiger charge is 2.20. The number of nitrogens with zero attached hydrogens (tertiary/aromatic N) is 2. The Labute approximate surface area is 181 Å². The Kier molecular flexibility index (Phi) is 7.34. The van der Waals surface area contributed by atoms with Gasteiger partial charge in [-0.25, -0.2) is 9.97 Å². The van der Waals surface area contributed by atoms with Gasteiger partial charge in [0, 0.05) is 24.2 Å². The molecule has 2 atom stereocenters. The number of aromatic nitrogens is 2. The number of terminal acetylenes is 1. The molecule has 0 aliphatic heterocycles. The van der Waals surface area contributed by atoms with Crippen LogP contribution in [0.5, 0.6) is 0 Å². The van der Waals surface area contributed by atoms with Gasteiger partial charge in [-0.15, -0.1) is 23.7 Å². The van der Waals surface area contributed by atoms with Gasteiger partial charge in [-0.2, -0.15) is 0 Å². The first-order valence-corrected chi connectivity index (χ1v) is 10.8. The maximum Gasteiger partial charge on any atom is 0.227 e. The van der Waals surface area contributed by atoms with Crippen molar-refractivity contribution in [2.45, 2.75) is 39.2 Å². The Balaban J connectivity index is 1.77. The summed E-state index contributed by atoms with van der Waals surface area (Å²) in [5, 5.41) is 12.9. The van der Waals surface area contributed by atoms with Gasteiger partial charge in [0.15, 0.2) is 5.78 Å². The number of Topliss-reactive ketones (excluding diaryl/α,β-unsaturated/α-hetero) is 1. The predicted molar refractivity (Wildman–Crippen MR) is 122 cm³/mol. The summed E-state index contributed by atoms with van der Waals surface area (Å²) in [5.74, 6) is 3.17. The molecular weight excluding hydrogens is 394 g/mol. The quantitative estimate of drug-likeness (QED) is 0.348. The summed E-state index contributed by atoms with van der Waals surface area (Å²) < 4.78 is 0. The van der Waals surface area contributed by atoms with Crippen molar-refractivity contribution in [2.75, 3.05) is 5.32 Å². The third-order valence-electron chi connectivity index (χ3n) is 4.88. The number of thiophene rings is 1. The van der Waals surface area contributed by atoms with E-state index in [-0.39, 0.29) is 11.7 Å². The summed E-state index contributed by atoms with van der Waals surface area (Å²) in [6, 6.07) is 13.1. The second kappa shape index (κ2) is 10.1. The van der Waals surface area contributed by atoms with Gasteiger partial charge in [0.1, 0.15) is 0 Å². The average molecular weight is 420 g/mol. The Morgan fingerprint density at radius 1 is 1.30 bits per heavy atom. The van der Waals surface area contributed by atoms with Crippen LogP contribution < -0.4 is 5.32 Å². The zero-order chi connectivity index (χ0) is 21.5. The molecule has 154 valence electrons. The molecule has 2 heterocycles. The minimum atomic E-state index is -0.548. The average Bonchev–Trinajstić information content (AvgIpc) is 3.25. The van der Waals surface area contributed by atoms with Gasteiger partial charge in [-0.3, -0.25) is 4.79 Å². The van der Waals surface area contributed by atoms with Crippen LogP contribution in [0.15, 0.2) is 48.7 Å². The smallest absolute Gasteiger partial charge is 0.227 e. The molecule has 0 saturated heterocycles. The van der Waals surface area contributed by atoms with Crippen LogP contribution in [-0.2, 0) is 0 Å². The van der Waals surface area contributed by atoms with E-state index in [1.165, 1.54) is 11.3 Å². The highest BCUT2D eigenvalue weighted by Crippen LogP contribution is 2.30. The van der Waals surface area contributed by atoms with Crippen molar-refractivity contribution in [3.63, 3.8) is 0 Å². The molecule has 0 bridgehead atoms. The maximum atomic E-state index is 12.8. The van der Waals surface area contributed by atoms with Crippen molar-refractivity contribution < 1.29 is 9.90 Å². The summed E-state index contributed by atoms with van der Waals surface area (Å²) in [5.41, 5.74) is 2.36. The van der Waals surface area contributed by atoms with Crippen LogP contribution in [0.4, 0.5) is 11.6 Å². The molecule has 30 heavy (non-hydrogen) atoms. The first kappa shape index (κ1) is 21.7. The molecule has 0 fully saturated rings. The topological polar surface area (TPSA) is 75.1 Å². The zero-order valence-electron chi connectivity index (χ0n) is 17.1. The number of benzene rings is 1. The first-order chi connectivity index (χ1) is 14.5. The molecule has 6 heteroatoms. The van der Waals surface area contributed by atoms with Crippen LogP contribution in [0.3, 0.4) is 0 Å². The van der Waals surface area contributed by atoms with Crippen LogP contribution in [0.2, 0.25) is 0 Å². The van der Waals surface area contributed by atoms with E-state index in [2.05, 4.69) is 21.2 Å². The third-order valence-corrected chi connectivity index (χ3v) is 6.01. The SMILES string of the molecule is C#CCCC(CC)C(=O)c1ccc(-c2ccnc(Nc3cccc(C(C)O)c3)n2)s1. The van der Waals surface area contributed by atoms with Crippen LogP contribution >= 0.6 is 11.3 Å². The Morgan fingerprint density at radius 2 is 2.13 bits per heavy atom. The standard InChI is InChI=1S/C24H25N3O2S/c1-4-6-8-17(5-2)23(29)22-12-11-21(30-22)20-13-14-25-24(27-20)26-19-10-7-9-18(15-19)16(3)28/h1,7,9-17,28H,5-6,8H2,2-3H3,(H,25,26,27). The molecular formula is C24H25N3O2S. The third kappa shape index (κ3) is 5.32. The van der Waals surface area contributed by atoms with E-state index < -0.39 is 6.10 Å². The second-order valence-corrected chi connectivity index (χ2v) is 8.15. The summed E-state index contributed by atoms with van der Waals surface area (Å²) in [6.07, 6.45) is 8.59. The first-order valence-electron chi connectivity index (χ1n) is 9.97. The molecule has 1 aromatic carbocycles. The fraction of sp³-hybridized carbons (Fsp3) is 0.292. The van der Waals surface area contributed by atoms with Crippen molar-refractivity contribution in [1.29, 1.82) is 0 Å². The lowest BCUT2D eigenvalue weighted by Gasteiger charge is -2.10. The fourth-order valence-electron chi connectivity index (χ4n) is 3.15. The molecule has 2 unspecified atom stereocenters. The Morgan fingerprint density at radius 3 is 2.87 bits per heavy atom. The molecule has 2 aromatic heterocycles. The van der Waals surface area contributed by atoms with Gasteiger partial charge in [0.05, 0.1) is 21.6 Å². The van der Waals surface area contributed by atoms with E-state index in [1.54, 1.807) is 13.1 Å². The van der Waals surface area contributed by atoms with E-state index in [9.17, 15) is 9.90 Å². The molecule has 5 nitrogen and oxygen atoms in total. The van der Waals surface area contributed by atoms with Gasteiger partial charge in [-0.05, 0) is 55.7 Å². The summed E-state index contributed by atoms with van der Waals surface area (Å²) in [6.45, 7) is 3.74. The molecule has 3 aromatic rings. The minimum absolute atomic E-state index is 0.0450. The van der Waals surface area contributed by atoms with Crippen LogP contribution in [0.25, 0.3) is 10.6 Å². The van der Waals surface area contributed by atoms with E-state index in [1.807, 2.05) is 49.4 Å². The lowest BCUT2D eigenvalue weighted by atomic mass is 9.95. The van der Waals surface area contributed by atoms with Gasteiger partial charge < -0.3 is 10.4 Å². The Hall–Kier alpha value is -3.01. The van der Waals surface area contributed by atoms with Gasteiger partial charge in [0.25, 0.3) is 0 Å². The molecule has 0 spiro atoms. The minimum Gasteiger partial charge on any atom is -0.389 e. The number of rotatable bonds is 9. The fourth-order valence-corrected chi connectivity index (χ4v) is 4.14. The van der Waals surface area contributed by atoms with Crippen molar-refractivity contribution in [2.24, 2.45) is 5.92 Å². The number of ketones is 1. The number of hydrogen-bond acceptors (Lipinski definition) is 6. The number of hydrogen-bond donors (Lipinski definition) is 2. The molecule has 2 N–H and O–H groups in total. The number of aliphatic hydroxyl groups is 1. The number of carbonyl (C=O) groups is 1. The number of carbonyl (C=O) groups excluding carboxylic acids is 1. The van der Waals surface area contributed by atoms with E-state index in [0.29, 0.717) is 18.8 Å². The van der Waals surface area contributed by atoms with Crippen LogP contribution in [0.1, 0.15) is 54.4 Å². The number of anilines is 2. The highest BCUT2D eigenvalue weighted by atomic mass is 32.1. The molecule has 0 amide bonds. The molecule has 0 aliphatic rings. The second-order valence-electron chi connectivity index (χ2n) is 7.07. The van der Waals surface area contributed by atoms with Crippen molar-refractivity contribution in [3.05, 3.63) is 59.1 Å². The largest absolute Gasteiger partial charge is 0.389 e. The summed E-state index contributed by atoms with van der Waals surface area (Å²) in [4.78, 5) is 23.3. The zero-order valence-corrected chi connectivity index (χ0v) is 17.9. The molecule has 0 aliphatic carbocycles. The van der Waals surface area contributed by atoms with Gasteiger partial charge in [0.2, 0.25) is 5.95 Å². The van der Waals surface area contributed by atoms with Gasteiger partial charge >= 0.3 is 0 Å². The summed E-state index contributed by atoms with van der Waals surface area (Å²) >= 11 is 1.44. The lowest BCUT2D eigenvalue weighted by Crippen LogP contribution is -2.12. The predicted octanol–water partition coefficient (Wildman–Crippen LogP) is 5.62. The van der Waals surface area contributed by atoms with Crippen molar-refractivity contribution >= 4 is 28.8 Å². The van der Waals surface area contributed by atoms with Gasteiger partial charge in [-0.1, -0.05) is 19.1 Å². The molecule has 3 rings (SSSR count). The van der Waals surface area contributed by atoms with Crippen molar-refractivity contribution in [3.8, 4) is 22.9 Å². The lowest BCUT2D eigenvalue weighted by molar-refractivity contribution is 0.0915. The highest BCUT2D eigenvalue weighted by molar-refractivity contribution is 7.17. The van der Waals surface area contributed by atoms with Crippen LogP contribution in [0, 0.1) is 18.3 Å². The number of nitrogens with one attached hydrogen (secondary N) is 1. The number of aliphatic hydroxyl groups excluding tert-OH is 1. The van der Waals surface area contributed by atoms with Crippen molar-refractivity contribution in [1.82, 2.24) is 9.97 Å². The maximum absolute atomic E-state index is 12.8. The monoisotopic (exact) mass is 419 g/mol. The molecule has 0 radical (unpaired) electrons.